The first kappa shape index (κ1) is 16.4. The van der Waals surface area contributed by atoms with Gasteiger partial charge in [-0.05, 0) is 37.1 Å². The fourth-order valence-electron chi connectivity index (χ4n) is 2.67. The Kier molecular flexibility index (Phi) is 4.80. The highest BCUT2D eigenvalue weighted by Crippen LogP contribution is 2.46. The van der Waals surface area contributed by atoms with E-state index in [-0.39, 0.29) is 5.78 Å². The van der Waals surface area contributed by atoms with Gasteiger partial charge in [0, 0.05) is 20.0 Å². The van der Waals surface area contributed by atoms with E-state index in [9.17, 15) is 4.79 Å². The van der Waals surface area contributed by atoms with Gasteiger partial charge in [0.15, 0.2) is 5.78 Å². The van der Waals surface area contributed by atoms with Crippen LogP contribution < -0.4 is 15.4 Å². The molecule has 1 aromatic heterocycles. The van der Waals surface area contributed by atoms with Crippen molar-refractivity contribution in [3.05, 3.63) is 29.1 Å². The van der Waals surface area contributed by atoms with Crippen molar-refractivity contribution in [2.24, 2.45) is 10.2 Å². The van der Waals surface area contributed by atoms with Crippen molar-refractivity contribution < 1.29 is 9.53 Å². The Labute approximate surface area is 144 Å². The minimum absolute atomic E-state index is 0.0381. The molecule has 0 saturated carbocycles. The van der Waals surface area contributed by atoms with Crippen molar-refractivity contribution in [1.29, 1.82) is 0 Å². The van der Waals surface area contributed by atoms with Crippen LogP contribution in [0.3, 0.4) is 0 Å². The van der Waals surface area contributed by atoms with Gasteiger partial charge in [0.2, 0.25) is 0 Å². The number of nitrogen functional groups attached to an aromatic ring is 1. The van der Waals surface area contributed by atoms with E-state index >= 15 is 0 Å². The lowest BCUT2D eigenvalue weighted by atomic mass is 10.3. The monoisotopic (exact) mass is 344 g/mol. The number of rotatable bonds is 5. The first-order valence-electron chi connectivity index (χ1n) is 7.84. The maximum atomic E-state index is 11.8. The number of ether oxygens (including phenoxy) is 1. The topological polar surface area (TPSA) is 80.3 Å². The predicted octanol–water partition coefficient (Wildman–Crippen LogP) is 4.56. The van der Waals surface area contributed by atoms with Gasteiger partial charge >= 0.3 is 0 Å². The molecule has 7 heteroatoms. The van der Waals surface area contributed by atoms with Gasteiger partial charge in [-0.25, -0.2) is 0 Å². The highest BCUT2D eigenvalue weighted by Gasteiger charge is 2.24. The first-order chi connectivity index (χ1) is 11.6. The molecular formula is C17H20N4O2S. The molecule has 0 spiro atoms. The lowest BCUT2D eigenvalue weighted by Gasteiger charge is -2.15. The van der Waals surface area contributed by atoms with Gasteiger partial charge in [0.25, 0.3) is 0 Å². The molecule has 0 aliphatic carbocycles. The minimum Gasteiger partial charge on any atom is -0.497 e. The van der Waals surface area contributed by atoms with Crippen molar-refractivity contribution in [2.75, 3.05) is 30.8 Å². The number of nitrogens with zero attached hydrogens (tertiary/aromatic N) is 3. The number of nitrogens with two attached hydrogens (primary N) is 1. The molecule has 0 unspecified atom stereocenters. The normalized spacial score (nSPS) is 14.5. The van der Waals surface area contributed by atoms with Crippen molar-refractivity contribution >= 4 is 39.2 Å². The van der Waals surface area contributed by atoms with E-state index in [0.717, 1.165) is 36.7 Å². The van der Waals surface area contributed by atoms with Crippen LogP contribution in [0.1, 0.15) is 29.4 Å². The molecule has 1 fully saturated rings. The van der Waals surface area contributed by atoms with Crippen LogP contribution in [0.5, 0.6) is 5.75 Å². The number of hydrogen-bond acceptors (Lipinski definition) is 7. The van der Waals surface area contributed by atoms with E-state index < -0.39 is 0 Å². The molecule has 126 valence electrons. The highest BCUT2D eigenvalue weighted by atomic mass is 32.1. The number of carbonyl (C=O) groups excluding carboxylic acids is 1. The Morgan fingerprint density at radius 2 is 1.88 bits per heavy atom. The molecule has 1 aromatic carbocycles. The van der Waals surface area contributed by atoms with Gasteiger partial charge in [-0.1, -0.05) is 0 Å². The number of carbonyl (C=O) groups is 1. The Bertz CT molecular complexity index is 762. The molecule has 0 bridgehead atoms. The Balaban J connectivity index is 1.95. The number of thiophene rings is 1. The number of hydrogen-bond donors (Lipinski definition) is 1. The Morgan fingerprint density at radius 1 is 1.21 bits per heavy atom. The molecule has 0 amide bonds. The van der Waals surface area contributed by atoms with Gasteiger partial charge in [0.1, 0.15) is 16.4 Å². The summed E-state index contributed by atoms with van der Waals surface area (Å²) in [5, 5.41) is 9.57. The van der Waals surface area contributed by atoms with Crippen molar-refractivity contribution in [3.8, 4) is 5.75 Å². The first-order valence-corrected chi connectivity index (χ1v) is 8.65. The largest absolute Gasteiger partial charge is 0.497 e. The third kappa shape index (κ3) is 3.26. The van der Waals surface area contributed by atoms with E-state index in [2.05, 4.69) is 15.1 Å². The van der Waals surface area contributed by atoms with Gasteiger partial charge in [0.05, 0.1) is 23.4 Å². The third-order valence-corrected chi connectivity index (χ3v) is 5.31. The SMILES string of the molecule is COc1ccc(N=Nc2c(N3CCCC3)sc(C(C)=O)c2N)cc1. The number of anilines is 2. The van der Waals surface area contributed by atoms with Crippen LogP contribution in [-0.2, 0) is 0 Å². The molecule has 2 N–H and O–H groups in total. The van der Waals surface area contributed by atoms with Crippen LogP contribution in [0, 0.1) is 0 Å². The molecule has 3 rings (SSSR count). The van der Waals surface area contributed by atoms with E-state index in [1.165, 1.54) is 18.3 Å². The second-order valence-electron chi connectivity index (χ2n) is 5.65. The second kappa shape index (κ2) is 7.00. The number of benzene rings is 1. The molecule has 1 aliphatic heterocycles. The molecular weight excluding hydrogens is 324 g/mol. The lowest BCUT2D eigenvalue weighted by molar-refractivity contribution is 0.102. The van der Waals surface area contributed by atoms with Gasteiger partial charge in [-0.15, -0.1) is 16.5 Å². The number of Topliss-reactive ketones (excluding diaryl/α,β-unsaturated/α-hetero) is 1. The number of methoxy groups -OCH3 is 1. The standard InChI is InChI=1S/C17H20N4O2S/c1-11(22)16-14(18)15(17(24-16)21-9-3-4-10-21)20-19-12-5-7-13(23-2)8-6-12/h5-8H,3-4,9-10,18H2,1-2H3. The summed E-state index contributed by atoms with van der Waals surface area (Å²) in [6.07, 6.45) is 2.28. The average molecular weight is 344 g/mol. The summed E-state index contributed by atoms with van der Waals surface area (Å²) < 4.78 is 5.13. The van der Waals surface area contributed by atoms with Crippen LogP contribution in [0.4, 0.5) is 22.1 Å². The highest BCUT2D eigenvalue weighted by molar-refractivity contribution is 7.19. The summed E-state index contributed by atoms with van der Waals surface area (Å²) in [6.45, 7) is 3.45. The molecule has 6 nitrogen and oxygen atoms in total. The van der Waals surface area contributed by atoms with Crippen LogP contribution in [0.2, 0.25) is 0 Å². The summed E-state index contributed by atoms with van der Waals surface area (Å²) in [5.74, 6) is 0.726. The summed E-state index contributed by atoms with van der Waals surface area (Å²) in [4.78, 5) is 14.6. The molecule has 1 aliphatic rings. The fraction of sp³-hybridized carbons (Fsp3) is 0.353. The average Bonchev–Trinajstić information content (AvgIpc) is 3.21. The zero-order valence-electron chi connectivity index (χ0n) is 13.8. The Hall–Kier alpha value is -2.41. The fourth-order valence-corrected chi connectivity index (χ4v) is 3.77. The van der Waals surface area contributed by atoms with Gasteiger partial charge in [-0.3, -0.25) is 4.79 Å². The maximum Gasteiger partial charge on any atom is 0.171 e. The molecule has 24 heavy (non-hydrogen) atoms. The minimum atomic E-state index is -0.0381. The molecule has 2 heterocycles. The molecule has 2 aromatic rings. The number of azo groups is 1. The summed E-state index contributed by atoms with van der Waals surface area (Å²) in [6, 6.07) is 7.31. The smallest absolute Gasteiger partial charge is 0.171 e. The van der Waals surface area contributed by atoms with Crippen LogP contribution in [-0.4, -0.2) is 26.0 Å². The third-order valence-electron chi connectivity index (χ3n) is 3.95. The summed E-state index contributed by atoms with van der Waals surface area (Å²) in [5.41, 5.74) is 7.90. The number of ketones is 1. The quantitative estimate of drug-likeness (QED) is 0.637. The zero-order valence-corrected chi connectivity index (χ0v) is 14.6. The van der Waals surface area contributed by atoms with E-state index in [1.807, 2.05) is 24.3 Å². The van der Waals surface area contributed by atoms with Gasteiger partial charge < -0.3 is 15.4 Å². The summed E-state index contributed by atoms with van der Waals surface area (Å²) >= 11 is 1.41. The van der Waals surface area contributed by atoms with Crippen molar-refractivity contribution in [1.82, 2.24) is 0 Å². The van der Waals surface area contributed by atoms with Gasteiger partial charge in [-0.2, -0.15) is 5.11 Å². The summed E-state index contributed by atoms with van der Waals surface area (Å²) in [7, 11) is 1.62. The maximum absolute atomic E-state index is 11.8. The van der Waals surface area contributed by atoms with E-state index in [0.29, 0.717) is 21.9 Å². The molecule has 0 radical (unpaired) electrons. The molecule has 1 saturated heterocycles. The second-order valence-corrected chi connectivity index (χ2v) is 6.65. The van der Waals surface area contributed by atoms with Crippen molar-refractivity contribution in [2.45, 2.75) is 19.8 Å². The predicted molar refractivity (Wildman–Crippen MR) is 97.4 cm³/mol. The zero-order chi connectivity index (χ0) is 17.1. The van der Waals surface area contributed by atoms with Crippen molar-refractivity contribution in [3.63, 3.8) is 0 Å². The van der Waals surface area contributed by atoms with E-state index in [4.69, 9.17) is 10.5 Å². The van der Waals surface area contributed by atoms with E-state index in [1.54, 1.807) is 7.11 Å². The Morgan fingerprint density at radius 3 is 2.46 bits per heavy atom. The van der Waals surface area contributed by atoms with Crippen LogP contribution in [0.15, 0.2) is 34.5 Å². The lowest BCUT2D eigenvalue weighted by Crippen LogP contribution is -2.16. The molecule has 0 atom stereocenters. The van der Waals surface area contributed by atoms with Crippen LogP contribution >= 0.6 is 11.3 Å². The van der Waals surface area contributed by atoms with Crippen LogP contribution in [0.25, 0.3) is 0 Å².